The van der Waals surface area contributed by atoms with Gasteiger partial charge in [0.2, 0.25) is 5.91 Å². The second kappa shape index (κ2) is 4.64. The molecule has 0 spiro atoms. The monoisotopic (exact) mass is 183 g/mol. The molecule has 2 unspecified atom stereocenters. The molecule has 0 radical (unpaired) electrons. The van der Waals surface area contributed by atoms with Gasteiger partial charge in [-0.1, -0.05) is 27.2 Å². The van der Waals surface area contributed by atoms with Crippen LogP contribution in [-0.4, -0.2) is 12.5 Å². The third kappa shape index (κ3) is 3.02. The molecule has 0 aromatic carbocycles. The van der Waals surface area contributed by atoms with E-state index in [1.165, 1.54) is 12.8 Å². The molecule has 1 aliphatic rings. The van der Waals surface area contributed by atoms with Crippen molar-refractivity contribution in [1.29, 1.82) is 0 Å². The van der Waals surface area contributed by atoms with Crippen molar-refractivity contribution >= 4 is 5.91 Å². The van der Waals surface area contributed by atoms with E-state index in [9.17, 15) is 4.79 Å². The molecule has 1 fully saturated rings. The second-order valence-corrected chi connectivity index (χ2v) is 4.65. The molecule has 2 heteroatoms. The number of hydrogen-bond acceptors (Lipinski definition) is 1. The summed E-state index contributed by atoms with van der Waals surface area (Å²) in [5.74, 6) is 1.71. The van der Waals surface area contributed by atoms with Gasteiger partial charge in [-0.25, -0.2) is 0 Å². The van der Waals surface area contributed by atoms with Crippen LogP contribution in [0.2, 0.25) is 0 Å². The van der Waals surface area contributed by atoms with Gasteiger partial charge in [0.25, 0.3) is 0 Å². The van der Waals surface area contributed by atoms with Gasteiger partial charge in [0, 0.05) is 12.5 Å². The van der Waals surface area contributed by atoms with Crippen molar-refractivity contribution in [3.63, 3.8) is 0 Å². The normalized spacial score (nSPS) is 28.0. The van der Waals surface area contributed by atoms with Crippen molar-refractivity contribution in [2.45, 2.75) is 40.0 Å². The van der Waals surface area contributed by atoms with Crippen LogP contribution >= 0.6 is 0 Å². The highest BCUT2D eigenvalue weighted by Crippen LogP contribution is 2.31. The maximum Gasteiger partial charge on any atom is 0.223 e. The minimum absolute atomic E-state index is 0.277. The van der Waals surface area contributed by atoms with Crippen molar-refractivity contribution in [2.24, 2.45) is 17.8 Å². The van der Waals surface area contributed by atoms with Crippen molar-refractivity contribution < 1.29 is 4.79 Å². The minimum atomic E-state index is 0.277. The molecule has 76 valence electrons. The Labute approximate surface area is 81.1 Å². The highest BCUT2D eigenvalue weighted by Gasteiger charge is 2.29. The van der Waals surface area contributed by atoms with Crippen LogP contribution in [0.1, 0.15) is 40.0 Å². The van der Waals surface area contributed by atoms with Gasteiger partial charge in [0.1, 0.15) is 0 Å². The Hall–Kier alpha value is -0.530. The summed E-state index contributed by atoms with van der Waals surface area (Å²) in [7, 11) is 0. The van der Waals surface area contributed by atoms with E-state index >= 15 is 0 Å². The molecule has 1 amide bonds. The number of carbonyl (C=O) groups excluding carboxylic acids is 1. The molecule has 13 heavy (non-hydrogen) atoms. The van der Waals surface area contributed by atoms with E-state index in [2.05, 4.69) is 26.1 Å². The average molecular weight is 183 g/mol. The summed E-state index contributed by atoms with van der Waals surface area (Å²) < 4.78 is 0. The van der Waals surface area contributed by atoms with Gasteiger partial charge in [-0.05, 0) is 24.7 Å². The van der Waals surface area contributed by atoms with Gasteiger partial charge < -0.3 is 5.32 Å². The summed E-state index contributed by atoms with van der Waals surface area (Å²) >= 11 is 0. The molecular formula is C11H21NO. The highest BCUT2D eigenvalue weighted by atomic mass is 16.1. The van der Waals surface area contributed by atoms with E-state index in [0.29, 0.717) is 17.8 Å². The molecular weight excluding hydrogens is 162 g/mol. The van der Waals surface area contributed by atoms with E-state index in [1.807, 2.05) is 0 Å². The Morgan fingerprint density at radius 1 is 1.46 bits per heavy atom. The molecule has 2 nitrogen and oxygen atoms in total. The van der Waals surface area contributed by atoms with Crippen LogP contribution in [0.25, 0.3) is 0 Å². The predicted molar refractivity (Wildman–Crippen MR) is 54.4 cm³/mol. The van der Waals surface area contributed by atoms with Crippen LogP contribution in [-0.2, 0) is 4.79 Å². The van der Waals surface area contributed by atoms with E-state index in [0.717, 1.165) is 13.0 Å². The molecule has 0 aliphatic heterocycles. The number of rotatable bonds is 3. The Kier molecular flexibility index (Phi) is 3.76. The fourth-order valence-electron chi connectivity index (χ4n) is 1.97. The van der Waals surface area contributed by atoms with Crippen molar-refractivity contribution in [3.05, 3.63) is 0 Å². The maximum atomic E-state index is 11.6. The third-order valence-corrected chi connectivity index (χ3v) is 2.88. The summed E-state index contributed by atoms with van der Waals surface area (Å²) in [6, 6.07) is 0. The lowest BCUT2D eigenvalue weighted by Gasteiger charge is -2.15. The smallest absolute Gasteiger partial charge is 0.223 e. The number of nitrogens with one attached hydrogen (secondary N) is 1. The number of carbonyl (C=O) groups is 1. The molecule has 2 atom stereocenters. The largest absolute Gasteiger partial charge is 0.356 e. The number of hydrogen-bond donors (Lipinski definition) is 1. The molecule has 0 heterocycles. The SMILES string of the molecule is CC(C)CNC(=O)C1CCCC1C. The van der Waals surface area contributed by atoms with Crippen LogP contribution < -0.4 is 5.32 Å². The zero-order valence-corrected chi connectivity index (χ0v) is 8.97. The molecule has 0 saturated heterocycles. The topological polar surface area (TPSA) is 29.1 Å². The van der Waals surface area contributed by atoms with E-state index in [-0.39, 0.29) is 5.91 Å². The first kappa shape index (κ1) is 10.6. The first-order valence-electron chi connectivity index (χ1n) is 5.39. The van der Waals surface area contributed by atoms with Gasteiger partial charge in [0.15, 0.2) is 0 Å². The molecule has 1 aliphatic carbocycles. The van der Waals surface area contributed by atoms with Crippen LogP contribution in [0, 0.1) is 17.8 Å². The number of amides is 1. The Morgan fingerprint density at radius 3 is 2.62 bits per heavy atom. The lowest BCUT2D eigenvalue weighted by molar-refractivity contribution is -0.126. The fraction of sp³-hybridized carbons (Fsp3) is 0.909. The predicted octanol–water partition coefficient (Wildman–Crippen LogP) is 2.19. The Morgan fingerprint density at radius 2 is 2.15 bits per heavy atom. The maximum absolute atomic E-state index is 11.6. The van der Waals surface area contributed by atoms with Gasteiger partial charge in [-0.3, -0.25) is 4.79 Å². The quantitative estimate of drug-likeness (QED) is 0.714. The summed E-state index contributed by atoms with van der Waals surface area (Å²) in [4.78, 5) is 11.6. The van der Waals surface area contributed by atoms with E-state index in [1.54, 1.807) is 0 Å². The average Bonchev–Trinajstić information content (AvgIpc) is 2.47. The van der Waals surface area contributed by atoms with Crippen LogP contribution in [0.5, 0.6) is 0 Å². The van der Waals surface area contributed by atoms with Gasteiger partial charge in [0.05, 0.1) is 0 Å². The summed E-state index contributed by atoms with van der Waals surface area (Å²) in [5, 5.41) is 3.02. The van der Waals surface area contributed by atoms with E-state index < -0.39 is 0 Å². The minimum Gasteiger partial charge on any atom is -0.356 e. The summed E-state index contributed by atoms with van der Waals surface area (Å²) in [6.07, 6.45) is 3.53. The molecule has 1 rings (SSSR count). The standard InChI is InChI=1S/C11H21NO/c1-8(2)7-12-11(13)10-6-4-5-9(10)3/h8-10H,4-7H2,1-3H3,(H,12,13). The van der Waals surface area contributed by atoms with E-state index in [4.69, 9.17) is 0 Å². The first-order chi connectivity index (χ1) is 6.11. The lowest BCUT2D eigenvalue weighted by atomic mass is 9.97. The fourth-order valence-corrected chi connectivity index (χ4v) is 1.97. The molecule has 0 bridgehead atoms. The molecule has 1 saturated carbocycles. The van der Waals surface area contributed by atoms with Crippen molar-refractivity contribution in [1.82, 2.24) is 5.32 Å². The molecule has 1 N–H and O–H groups in total. The third-order valence-electron chi connectivity index (χ3n) is 2.88. The molecule has 0 aromatic heterocycles. The highest BCUT2D eigenvalue weighted by molar-refractivity contribution is 5.79. The van der Waals surface area contributed by atoms with Crippen molar-refractivity contribution in [2.75, 3.05) is 6.54 Å². The Balaban J connectivity index is 2.30. The molecule has 0 aromatic rings. The zero-order chi connectivity index (χ0) is 9.84. The van der Waals surface area contributed by atoms with Crippen LogP contribution in [0.15, 0.2) is 0 Å². The second-order valence-electron chi connectivity index (χ2n) is 4.65. The first-order valence-corrected chi connectivity index (χ1v) is 5.39. The van der Waals surface area contributed by atoms with Crippen LogP contribution in [0.4, 0.5) is 0 Å². The summed E-state index contributed by atoms with van der Waals surface area (Å²) in [6.45, 7) is 7.26. The van der Waals surface area contributed by atoms with Gasteiger partial charge in [-0.15, -0.1) is 0 Å². The zero-order valence-electron chi connectivity index (χ0n) is 8.97. The van der Waals surface area contributed by atoms with Crippen LogP contribution in [0.3, 0.4) is 0 Å². The Bertz CT molecular complexity index is 177. The van der Waals surface area contributed by atoms with Gasteiger partial charge in [-0.2, -0.15) is 0 Å². The van der Waals surface area contributed by atoms with Gasteiger partial charge >= 0.3 is 0 Å². The summed E-state index contributed by atoms with van der Waals surface area (Å²) in [5.41, 5.74) is 0. The lowest BCUT2D eigenvalue weighted by Crippen LogP contribution is -2.34. The van der Waals surface area contributed by atoms with Crippen molar-refractivity contribution in [3.8, 4) is 0 Å².